The van der Waals surface area contributed by atoms with Gasteiger partial charge < -0.3 is 10.1 Å². The molecule has 2 aromatic carbocycles. The van der Waals surface area contributed by atoms with Crippen LogP contribution in [0.5, 0.6) is 5.75 Å². The first kappa shape index (κ1) is 13.7. The van der Waals surface area contributed by atoms with Crippen molar-refractivity contribution in [2.24, 2.45) is 0 Å². The average molecular weight is 381 g/mol. The molecule has 0 saturated heterocycles. The zero-order valence-corrected chi connectivity index (χ0v) is 13.8. The molecule has 0 fully saturated rings. The third kappa shape index (κ3) is 1.56. The molecule has 2 heterocycles. The van der Waals surface area contributed by atoms with E-state index >= 15 is 0 Å². The normalized spacial score (nSPS) is 14.2. The molecule has 0 atom stereocenters. The van der Waals surface area contributed by atoms with Crippen molar-refractivity contribution in [3.05, 3.63) is 46.1 Å². The van der Waals surface area contributed by atoms with Gasteiger partial charge in [-0.2, -0.15) is 0 Å². The number of carbonyl (C=O) groups excluding carboxylic acids is 2. The number of fused-ring (bicyclic) bond motifs is 8. The van der Waals surface area contributed by atoms with E-state index in [9.17, 15) is 14.7 Å². The molecular weight excluding hydrogens is 372 g/mol. The molecule has 0 unspecified atom stereocenters. The van der Waals surface area contributed by atoms with Gasteiger partial charge in [0.2, 0.25) is 0 Å². The maximum absolute atomic E-state index is 12.5. The fourth-order valence-corrected chi connectivity index (χ4v) is 4.18. The summed E-state index contributed by atoms with van der Waals surface area (Å²) in [4.78, 5) is 32.6. The first-order chi connectivity index (χ1) is 11.6. The van der Waals surface area contributed by atoms with Gasteiger partial charge in [0, 0.05) is 38.0 Å². The van der Waals surface area contributed by atoms with Gasteiger partial charge >= 0.3 is 0 Å². The standard InChI is InChI=1S/C18H9BrN2O3/c19-10-5-7(22)4-9-14-15-12(24)6-11(23)13(15)8-2-1-3-20-17(8)18(14)21-16(9)10/h1-5,21-22H,6H2. The Balaban J connectivity index is 2.18. The first-order valence-electron chi connectivity index (χ1n) is 7.37. The summed E-state index contributed by atoms with van der Waals surface area (Å²) < 4.78 is 0.684. The van der Waals surface area contributed by atoms with Gasteiger partial charge in [-0.15, -0.1) is 0 Å². The monoisotopic (exact) mass is 380 g/mol. The minimum absolute atomic E-state index is 0.0851. The summed E-state index contributed by atoms with van der Waals surface area (Å²) in [5.41, 5.74) is 2.98. The summed E-state index contributed by atoms with van der Waals surface area (Å²) in [6.07, 6.45) is 1.54. The third-order valence-electron chi connectivity index (χ3n) is 4.54. The van der Waals surface area contributed by atoms with E-state index in [0.29, 0.717) is 42.8 Å². The molecule has 0 saturated carbocycles. The topological polar surface area (TPSA) is 83.0 Å². The number of rotatable bonds is 0. The smallest absolute Gasteiger partial charge is 0.172 e. The molecule has 0 spiro atoms. The van der Waals surface area contributed by atoms with Gasteiger partial charge in [-0.25, -0.2) is 0 Å². The Kier molecular flexibility index (Phi) is 2.52. The molecule has 0 aliphatic heterocycles. The van der Waals surface area contributed by atoms with Crippen LogP contribution in [-0.4, -0.2) is 26.6 Å². The fraction of sp³-hybridized carbons (Fsp3) is 0.0556. The zero-order valence-electron chi connectivity index (χ0n) is 12.2. The second-order valence-electron chi connectivity index (χ2n) is 5.90. The average Bonchev–Trinajstić information content (AvgIpc) is 3.06. The number of halogens is 1. The molecule has 4 aromatic rings. The molecule has 24 heavy (non-hydrogen) atoms. The molecule has 5 nitrogen and oxygen atoms in total. The highest BCUT2D eigenvalue weighted by Gasteiger charge is 2.33. The predicted molar refractivity (Wildman–Crippen MR) is 93.7 cm³/mol. The van der Waals surface area contributed by atoms with Gasteiger partial charge in [0.25, 0.3) is 0 Å². The van der Waals surface area contributed by atoms with Crippen LogP contribution in [-0.2, 0) is 0 Å². The Morgan fingerprint density at radius 2 is 1.88 bits per heavy atom. The molecule has 0 bridgehead atoms. The molecule has 1 aliphatic rings. The lowest BCUT2D eigenvalue weighted by Crippen LogP contribution is -1.96. The van der Waals surface area contributed by atoms with E-state index in [1.807, 2.05) is 6.07 Å². The summed E-state index contributed by atoms with van der Waals surface area (Å²) in [5.74, 6) is -0.281. The van der Waals surface area contributed by atoms with Crippen LogP contribution in [0.15, 0.2) is 34.9 Å². The number of pyridine rings is 1. The van der Waals surface area contributed by atoms with Crippen LogP contribution in [0.3, 0.4) is 0 Å². The zero-order chi connectivity index (χ0) is 16.6. The lowest BCUT2D eigenvalue weighted by Gasteiger charge is -2.06. The van der Waals surface area contributed by atoms with Crippen molar-refractivity contribution in [1.82, 2.24) is 9.97 Å². The van der Waals surface area contributed by atoms with Gasteiger partial charge in [0.1, 0.15) is 5.75 Å². The van der Waals surface area contributed by atoms with Crippen molar-refractivity contribution in [3.8, 4) is 5.75 Å². The number of H-pyrrole nitrogens is 1. The van der Waals surface area contributed by atoms with Crippen LogP contribution in [0.25, 0.3) is 32.7 Å². The van der Waals surface area contributed by atoms with E-state index in [2.05, 4.69) is 25.9 Å². The number of phenols is 1. The van der Waals surface area contributed by atoms with Crippen molar-refractivity contribution in [1.29, 1.82) is 0 Å². The maximum Gasteiger partial charge on any atom is 0.172 e. The molecule has 6 heteroatoms. The third-order valence-corrected chi connectivity index (χ3v) is 5.16. The molecule has 2 aromatic heterocycles. The number of hydrogen-bond donors (Lipinski definition) is 2. The first-order valence-corrected chi connectivity index (χ1v) is 8.16. The lowest BCUT2D eigenvalue weighted by molar-refractivity contribution is 0.0924. The molecule has 116 valence electrons. The van der Waals surface area contributed by atoms with Gasteiger partial charge in [-0.3, -0.25) is 14.6 Å². The summed E-state index contributed by atoms with van der Waals surface area (Å²) in [6, 6.07) is 6.76. The number of carbonyl (C=O) groups is 2. The van der Waals surface area contributed by atoms with E-state index in [1.165, 1.54) is 0 Å². The number of hydrogen-bond acceptors (Lipinski definition) is 4. The summed E-state index contributed by atoms with van der Waals surface area (Å²) in [7, 11) is 0. The number of nitrogens with zero attached hydrogens (tertiary/aromatic N) is 1. The van der Waals surface area contributed by atoms with E-state index in [4.69, 9.17) is 0 Å². The van der Waals surface area contributed by atoms with Crippen molar-refractivity contribution >= 4 is 60.2 Å². The number of Topliss-reactive ketones (excluding diaryl/α,β-unsaturated/α-hetero) is 2. The highest BCUT2D eigenvalue weighted by molar-refractivity contribution is 9.10. The molecule has 0 amide bonds. The highest BCUT2D eigenvalue weighted by atomic mass is 79.9. The van der Waals surface area contributed by atoms with Gasteiger partial charge in [0.05, 0.1) is 23.0 Å². The van der Waals surface area contributed by atoms with E-state index < -0.39 is 0 Å². The van der Waals surface area contributed by atoms with Crippen molar-refractivity contribution in [3.63, 3.8) is 0 Å². The Labute approximate surface area is 143 Å². The second kappa shape index (κ2) is 4.42. The van der Waals surface area contributed by atoms with Crippen LogP contribution < -0.4 is 0 Å². The molecule has 1 aliphatic carbocycles. The van der Waals surface area contributed by atoms with Crippen LogP contribution in [0.2, 0.25) is 0 Å². The van der Waals surface area contributed by atoms with Gasteiger partial charge in [-0.05, 0) is 34.1 Å². The number of nitrogens with one attached hydrogen (secondary N) is 1. The van der Waals surface area contributed by atoms with Gasteiger partial charge in [-0.1, -0.05) is 6.07 Å². The van der Waals surface area contributed by atoms with E-state index in [0.717, 1.165) is 5.52 Å². The molecule has 5 rings (SSSR count). The minimum Gasteiger partial charge on any atom is -0.508 e. The maximum atomic E-state index is 12.5. The summed E-state index contributed by atoms with van der Waals surface area (Å²) in [5, 5.41) is 12.0. The Hall–Kier alpha value is -2.73. The molecule has 0 radical (unpaired) electrons. The van der Waals surface area contributed by atoms with E-state index in [1.54, 1.807) is 24.4 Å². The number of aromatic hydroxyl groups is 1. The van der Waals surface area contributed by atoms with Crippen molar-refractivity contribution in [2.45, 2.75) is 6.42 Å². The summed E-state index contributed by atoms with van der Waals surface area (Å²) >= 11 is 3.43. The van der Waals surface area contributed by atoms with Crippen LogP contribution in [0.1, 0.15) is 27.1 Å². The largest absolute Gasteiger partial charge is 0.508 e. The quantitative estimate of drug-likeness (QED) is 0.449. The fourth-order valence-electron chi connectivity index (χ4n) is 3.63. The molecule has 2 N–H and O–H groups in total. The molecular formula is C18H9BrN2O3. The number of aromatic nitrogens is 2. The SMILES string of the molecule is O=C1CC(=O)c2c1c1cccnc1c1[nH]c3c(Br)cc(O)cc3c21. The van der Waals surface area contributed by atoms with Crippen molar-refractivity contribution in [2.75, 3.05) is 0 Å². The van der Waals surface area contributed by atoms with Crippen LogP contribution in [0, 0.1) is 0 Å². The van der Waals surface area contributed by atoms with Gasteiger partial charge in [0.15, 0.2) is 11.6 Å². The Morgan fingerprint density at radius 3 is 2.71 bits per heavy atom. The number of ketones is 2. The lowest BCUT2D eigenvalue weighted by atomic mass is 9.97. The highest BCUT2D eigenvalue weighted by Crippen LogP contribution is 2.42. The van der Waals surface area contributed by atoms with Crippen LogP contribution in [0.4, 0.5) is 0 Å². The Bertz CT molecular complexity index is 1240. The number of phenolic OH excluding ortho intramolecular Hbond substituents is 1. The van der Waals surface area contributed by atoms with Crippen molar-refractivity contribution < 1.29 is 14.7 Å². The number of aromatic amines is 1. The Morgan fingerprint density at radius 1 is 1.08 bits per heavy atom. The number of benzene rings is 2. The van der Waals surface area contributed by atoms with Crippen LogP contribution >= 0.6 is 15.9 Å². The second-order valence-corrected chi connectivity index (χ2v) is 6.75. The minimum atomic E-state index is -0.189. The predicted octanol–water partition coefficient (Wildman–Crippen LogP) is 4.11. The summed E-state index contributed by atoms with van der Waals surface area (Å²) in [6.45, 7) is 0. The van der Waals surface area contributed by atoms with E-state index in [-0.39, 0.29) is 23.7 Å².